The summed E-state index contributed by atoms with van der Waals surface area (Å²) in [5, 5.41) is 0. The van der Waals surface area contributed by atoms with Crippen LogP contribution in [0.5, 0.6) is 0 Å². The van der Waals surface area contributed by atoms with Crippen LogP contribution in [-0.2, 0) is 9.47 Å². The Labute approximate surface area is 134 Å². The maximum Gasteiger partial charge on any atom is 0.425 e. The number of carbonyl (C=O) groups is 3. The molecule has 0 aromatic carbocycles. The van der Waals surface area contributed by atoms with E-state index in [0.29, 0.717) is 11.2 Å². The van der Waals surface area contributed by atoms with Crippen molar-refractivity contribution in [2.75, 3.05) is 4.90 Å². The van der Waals surface area contributed by atoms with E-state index in [2.05, 4.69) is 9.97 Å². The van der Waals surface area contributed by atoms with E-state index in [9.17, 15) is 14.4 Å². The monoisotopic (exact) mass is 323 g/mol. The highest BCUT2D eigenvalue weighted by atomic mass is 16.6. The van der Waals surface area contributed by atoms with Crippen molar-refractivity contribution in [3.05, 3.63) is 18.1 Å². The first-order valence-electron chi connectivity index (χ1n) is 6.96. The topological polar surface area (TPSA) is 98.7 Å². The first kappa shape index (κ1) is 18.5. The standard InChI is InChI=1S/C15H21N3O5/c1-14(2,3)22-12(20)18(13(21)23-15(4,5)6)11-7-10(8-19)16-9-17-11/h7-9H,1-6H3. The van der Waals surface area contributed by atoms with Gasteiger partial charge in [-0.25, -0.2) is 19.6 Å². The average molecular weight is 323 g/mol. The number of imide groups is 1. The van der Waals surface area contributed by atoms with Gasteiger partial charge in [-0.1, -0.05) is 0 Å². The van der Waals surface area contributed by atoms with Crippen LogP contribution in [0.3, 0.4) is 0 Å². The van der Waals surface area contributed by atoms with E-state index in [1.165, 1.54) is 6.07 Å². The van der Waals surface area contributed by atoms with Crippen molar-refractivity contribution in [2.45, 2.75) is 52.7 Å². The smallest absolute Gasteiger partial charge is 0.425 e. The maximum atomic E-state index is 12.3. The quantitative estimate of drug-likeness (QED) is 0.771. The Morgan fingerprint density at radius 3 is 1.87 bits per heavy atom. The number of aromatic nitrogens is 2. The molecule has 1 aromatic rings. The van der Waals surface area contributed by atoms with Gasteiger partial charge in [0.05, 0.1) is 0 Å². The molecule has 23 heavy (non-hydrogen) atoms. The van der Waals surface area contributed by atoms with Crippen molar-refractivity contribution in [2.24, 2.45) is 0 Å². The summed E-state index contributed by atoms with van der Waals surface area (Å²) >= 11 is 0. The number of amides is 2. The van der Waals surface area contributed by atoms with Gasteiger partial charge in [-0.2, -0.15) is 4.90 Å². The molecule has 1 rings (SSSR count). The van der Waals surface area contributed by atoms with E-state index < -0.39 is 23.4 Å². The lowest BCUT2D eigenvalue weighted by molar-refractivity contribution is 0.0428. The SMILES string of the molecule is CC(C)(C)OC(=O)N(C(=O)OC(C)(C)C)c1cc(C=O)ncn1. The summed E-state index contributed by atoms with van der Waals surface area (Å²) < 4.78 is 10.4. The molecule has 8 nitrogen and oxygen atoms in total. The molecular weight excluding hydrogens is 302 g/mol. The van der Waals surface area contributed by atoms with Crippen molar-refractivity contribution >= 4 is 24.3 Å². The maximum absolute atomic E-state index is 12.3. The van der Waals surface area contributed by atoms with Crippen LogP contribution in [0.1, 0.15) is 52.0 Å². The van der Waals surface area contributed by atoms with E-state index in [0.717, 1.165) is 6.33 Å². The minimum atomic E-state index is -0.956. The molecule has 0 saturated heterocycles. The predicted octanol–water partition coefficient (Wildman–Crippen LogP) is 2.97. The van der Waals surface area contributed by atoms with Crippen LogP contribution in [-0.4, -0.2) is 39.6 Å². The number of aldehydes is 1. The van der Waals surface area contributed by atoms with E-state index in [1.807, 2.05) is 0 Å². The average Bonchev–Trinajstić information content (AvgIpc) is 2.34. The molecule has 0 unspecified atom stereocenters. The van der Waals surface area contributed by atoms with Crippen LogP contribution in [0, 0.1) is 0 Å². The zero-order valence-corrected chi connectivity index (χ0v) is 14.1. The Bertz CT molecular complexity index is 574. The molecular formula is C15H21N3O5. The fourth-order valence-corrected chi connectivity index (χ4v) is 1.42. The Hall–Kier alpha value is -2.51. The number of hydrogen-bond donors (Lipinski definition) is 0. The summed E-state index contributed by atoms with van der Waals surface area (Å²) in [6, 6.07) is 1.20. The minimum Gasteiger partial charge on any atom is -0.443 e. The molecule has 0 fully saturated rings. The third-order valence-electron chi connectivity index (χ3n) is 2.18. The van der Waals surface area contributed by atoms with Gasteiger partial charge in [0.25, 0.3) is 0 Å². The number of hydrogen-bond acceptors (Lipinski definition) is 7. The summed E-state index contributed by atoms with van der Waals surface area (Å²) in [5.41, 5.74) is -1.62. The largest absolute Gasteiger partial charge is 0.443 e. The molecule has 0 aliphatic carbocycles. The third-order valence-corrected chi connectivity index (χ3v) is 2.18. The van der Waals surface area contributed by atoms with Gasteiger partial charge in [0.2, 0.25) is 0 Å². The Morgan fingerprint density at radius 2 is 1.48 bits per heavy atom. The first-order chi connectivity index (χ1) is 10.4. The van der Waals surface area contributed by atoms with Crippen molar-refractivity contribution in [1.29, 1.82) is 0 Å². The van der Waals surface area contributed by atoms with Crippen LogP contribution >= 0.6 is 0 Å². The van der Waals surface area contributed by atoms with Crippen molar-refractivity contribution in [1.82, 2.24) is 9.97 Å². The minimum absolute atomic E-state index is 0.0205. The number of nitrogens with zero attached hydrogens (tertiary/aromatic N) is 3. The molecule has 0 spiro atoms. The molecule has 8 heteroatoms. The van der Waals surface area contributed by atoms with Crippen molar-refractivity contribution < 1.29 is 23.9 Å². The van der Waals surface area contributed by atoms with Crippen LogP contribution in [0.25, 0.3) is 0 Å². The number of carbonyl (C=O) groups excluding carboxylic acids is 3. The van der Waals surface area contributed by atoms with Gasteiger partial charge in [0.15, 0.2) is 12.1 Å². The molecule has 0 radical (unpaired) electrons. The lowest BCUT2D eigenvalue weighted by Crippen LogP contribution is -2.44. The lowest BCUT2D eigenvalue weighted by atomic mass is 10.2. The van der Waals surface area contributed by atoms with Crippen LogP contribution in [0.4, 0.5) is 15.4 Å². The van der Waals surface area contributed by atoms with Gasteiger partial charge in [-0.3, -0.25) is 4.79 Å². The van der Waals surface area contributed by atoms with Gasteiger partial charge in [0, 0.05) is 6.07 Å². The Morgan fingerprint density at radius 1 is 1.00 bits per heavy atom. The molecule has 2 amide bonds. The molecule has 0 saturated carbocycles. The summed E-state index contributed by atoms with van der Waals surface area (Å²) in [7, 11) is 0. The van der Waals surface area contributed by atoms with E-state index in [4.69, 9.17) is 9.47 Å². The summed E-state index contributed by atoms with van der Waals surface area (Å²) in [5.74, 6) is -0.106. The van der Waals surface area contributed by atoms with Gasteiger partial charge in [-0.05, 0) is 41.5 Å². The fourth-order valence-electron chi connectivity index (χ4n) is 1.42. The molecule has 1 heterocycles. The van der Waals surface area contributed by atoms with Crippen LogP contribution in [0.15, 0.2) is 12.4 Å². The predicted molar refractivity (Wildman–Crippen MR) is 82.4 cm³/mol. The highest BCUT2D eigenvalue weighted by Gasteiger charge is 2.33. The third kappa shape index (κ3) is 6.01. The van der Waals surface area contributed by atoms with Gasteiger partial charge < -0.3 is 9.47 Å². The Kier molecular flexibility index (Phi) is 5.42. The normalized spacial score (nSPS) is 11.6. The van der Waals surface area contributed by atoms with E-state index in [1.54, 1.807) is 41.5 Å². The molecule has 0 bridgehead atoms. The van der Waals surface area contributed by atoms with E-state index >= 15 is 0 Å². The van der Waals surface area contributed by atoms with Gasteiger partial charge in [-0.15, -0.1) is 0 Å². The summed E-state index contributed by atoms with van der Waals surface area (Å²) in [4.78, 5) is 43.7. The number of ether oxygens (including phenoxy) is 2. The van der Waals surface area contributed by atoms with Gasteiger partial charge >= 0.3 is 12.2 Å². The lowest BCUT2D eigenvalue weighted by Gasteiger charge is -2.27. The second kappa shape index (κ2) is 6.72. The molecule has 0 atom stereocenters. The Balaban J connectivity index is 3.22. The van der Waals surface area contributed by atoms with Crippen molar-refractivity contribution in [3.8, 4) is 0 Å². The van der Waals surface area contributed by atoms with Gasteiger partial charge in [0.1, 0.15) is 23.2 Å². The second-order valence-corrected chi connectivity index (χ2v) is 6.72. The highest BCUT2D eigenvalue weighted by Crippen LogP contribution is 2.19. The summed E-state index contributed by atoms with van der Waals surface area (Å²) in [6.07, 6.45) is -0.362. The zero-order valence-electron chi connectivity index (χ0n) is 14.1. The first-order valence-corrected chi connectivity index (χ1v) is 6.96. The molecule has 0 aliphatic heterocycles. The van der Waals surface area contributed by atoms with Crippen LogP contribution < -0.4 is 4.90 Å². The molecule has 1 aromatic heterocycles. The molecule has 126 valence electrons. The fraction of sp³-hybridized carbons (Fsp3) is 0.533. The second-order valence-electron chi connectivity index (χ2n) is 6.72. The molecule has 0 N–H and O–H groups in total. The number of anilines is 1. The van der Waals surface area contributed by atoms with E-state index in [-0.39, 0.29) is 11.5 Å². The highest BCUT2D eigenvalue weighted by molar-refractivity contribution is 6.09. The zero-order chi connectivity index (χ0) is 17.8. The molecule has 0 aliphatic rings. The number of rotatable bonds is 2. The van der Waals surface area contributed by atoms with Crippen LogP contribution in [0.2, 0.25) is 0 Å². The summed E-state index contributed by atoms with van der Waals surface area (Å²) in [6.45, 7) is 9.97. The van der Waals surface area contributed by atoms with Crippen molar-refractivity contribution in [3.63, 3.8) is 0 Å².